The average molecular weight is 459 g/mol. The highest BCUT2D eigenvalue weighted by molar-refractivity contribution is 9.10. The molecule has 0 aliphatic heterocycles. The summed E-state index contributed by atoms with van der Waals surface area (Å²) < 4.78 is 14.6. The number of aromatic nitrogens is 1. The molecule has 4 rings (SSSR count). The number of ether oxygens (including phenoxy) is 1. The van der Waals surface area contributed by atoms with Gasteiger partial charge in [-0.1, -0.05) is 39.4 Å². The molecule has 28 heavy (non-hydrogen) atoms. The Kier molecular flexibility index (Phi) is 5.25. The van der Waals surface area contributed by atoms with Gasteiger partial charge in [-0.05, 0) is 30.3 Å². The van der Waals surface area contributed by atoms with Crippen molar-refractivity contribution >= 4 is 54.4 Å². The number of carbonyl (C=O) groups excluding carboxylic acids is 1. The summed E-state index contributed by atoms with van der Waals surface area (Å²) in [5.74, 6) is -0.680. The predicted molar refractivity (Wildman–Crippen MR) is 112 cm³/mol. The minimum atomic E-state index is -0.598. The van der Waals surface area contributed by atoms with Crippen LogP contribution in [0.5, 0.6) is 0 Å². The molecule has 8 heteroatoms. The molecule has 0 N–H and O–H groups in total. The second-order valence-electron chi connectivity index (χ2n) is 6.03. The standard InChI is InChI=1S/C20H15BrN2O4S/c1-26-9-8-23-14-7-6-12(21)10-18(14)28-20(23)22-19(25)17-11-15(24)13-4-2-3-5-16(13)27-17/h2-7,10-11H,8-9H2,1H3. The second-order valence-corrected chi connectivity index (χ2v) is 7.95. The lowest BCUT2D eigenvalue weighted by Crippen LogP contribution is -2.19. The normalized spacial score (nSPS) is 12.1. The monoisotopic (exact) mass is 458 g/mol. The Hall–Kier alpha value is -2.55. The first-order valence-electron chi connectivity index (χ1n) is 8.46. The van der Waals surface area contributed by atoms with E-state index in [1.54, 1.807) is 31.4 Å². The maximum Gasteiger partial charge on any atom is 0.315 e. The number of hydrogen-bond acceptors (Lipinski definition) is 5. The first-order valence-corrected chi connectivity index (χ1v) is 10.1. The SMILES string of the molecule is COCCn1c(=NC(=O)c2cc(=O)c3ccccc3o2)sc2cc(Br)ccc21. The fraction of sp³-hybridized carbons (Fsp3) is 0.150. The maximum atomic E-state index is 12.7. The largest absolute Gasteiger partial charge is 0.451 e. The van der Waals surface area contributed by atoms with Crippen molar-refractivity contribution in [2.24, 2.45) is 4.99 Å². The van der Waals surface area contributed by atoms with Gasteiger partial charge in [0.2, 0.25) is 0 Å². The first-order chi connectivity index (χ1) is 13.6. The Balaban J connectivity index is 1.85. The minimum Gasteiger partial charge on any atom is -0.451 e. The number of methoxy groups -OCH3 is 1. The summed E-state index contributed by atoms with van der Waals surface area (Å²) >= 11 is 4.85. The van der Waals surface area contributed by atoms with Gasteiger partial charge in [-0.15, -0.1) is 0 Å². The van der Waals surface area contributed by atoms with Crippen LogP contribution in [0.1, 0.15) is 10.6 Å². The lowest BCUT2D eigenvalue weighted by Gasteiger charge is -2.04. The fourth-order valence-corrected chi connectivity index (χ4v) is 4.49. The maximum absolute atomic E-state index is 12.7. The molecule has 0 spiro atoms. The molecule has 0 atom stereocenters. The third-order valence-corrected chi connectivity index (χ3v) is 5.74. The Morgan fingerprint density at radius 1 is 1.25 bits per heavy atom. The molecule has 6 nitrogen and oxygen atoms in total. The van der Waals surface area contributed by atoms with E-state index in [2.05, 4.69) is 20.9 Å². The van der Waals surface area contributed by atoms with E-state index in [1.165, 1.54) is 17.4 Å². The van der Waals surface area contributed by atoms with Gasteiger partial charge in [0.25, 0.3) is 0 Å². The Bertz CT molecular complexity index is 1320. The second kappa shape index (κ2) is 7.83. The summed E-state index contributed by atoms with van der Waals surface area (Å²) in [6.07, 6.45) is 0. The topological polar surface area (TPSA) is 73.8 Å². The van der Waals surface area contributed by atoms with Crippen molar-refractivity contribution in [2.75, 3.05) is 13.7 Å². The van der Waals surface area contributed by atoms with Crippen LogP contribution in [-0.2, 0) is 11.3 Å². The number of hydrogen-bond donors (Lipinski definition) is 0. The molecule has 2 aromatic heterocycles. The van der Waals surface area contributed by atoms with Gasteiger partial charge in [-0.25, -0.2) is 0 Å². The van der Waals surface area contributed by atoms with E-state index in [4.69, 9.17) is 9.15 Å². The summed E-state index contributed by atoms with van der Waals surface area (Å²) in [7, 11) is 1.62. The Labute approximate surface area is 171 Å². The molecule has 142 valence electrons. The van der Waals surface area contributed by atoms with Crippen LogP contribution in [0, 0.1) is 0 Å². The van der Waals surface area contributed by atoms with Crippen molar-refractivity contribution in [3.8, 4) is 0 Å². The number of amides is 1. The molecule has 0 unspecified atom stereocenters. The molecule has 1 amide bonds. The van der Waals surface area contributed by atoms with Gasteiger partial charge in [0.1, 0.15) is 5.58 Å². The van der Waals surface area contributed by atoms with E-state index in [0.717, 1.165) is 14.7 Å². The fourth-order valence-electron chi connectivity index (χ4n) is 2.88. The zero-order valence-corrected chi connectivity index (χ0v) is 17.2. The Morgan fingerprint density at radius 2 is 2.07 bits per heavy atom. The van der Waals surface area contributed by atoms with Crippen LogP contribution in [0.15, 0.2) is 67.2 Å². The van der Waals surface area contributed by atoms with Crippen LogP contribution in [-0.4, -0.2) is 24.2 Å². The number of para-hydroxylation sites is 1. The van der Waals surface area contributed by atoms with Crippen LogP contribution in [0.3, 0.4) is 0 Å². The number of halogens is 1. The minimum absolute atomic E-state index is 0.0828. The number of fused-ring (bicyclic) bond motifs is 2. The molecule has 0 saturated heterocycles. The molecule has 0 aliphatic carbocycles. The highest BCUT2D eigenvalue weighted by Gasteiger charge is 2.13. The molecule has 2 heterocycles. The lowest BCUT2D eigenvalue weighted by molar-refractivity contribution is 0.0971. The first kappa shape index (κ1) is 18.8. The number of carbonyl (C=O) groups is 1. The molecular formula is C20H15BrN2O4S. The summed E-state index contributed by atoms with van der Waals surface area (Å²) in [6, 6.07) is 13.9. The van der Waals surface area contributed by atoms with Gasteiger partial charge in [-0.2, -0.15) is 4.99 Å². The highest BCUT2D eigenvalue weighted by Crippen LogP contribution is 2.22. The van der Waals surface area contributed by atoms with E-state index in [9.17, 15) is 9.59 Å². The van der Waals surface area contributed by atoms with Gasteiger partial charge in [0.05, 0.1) is 22.2 Å². The molecular weight excluding hydrogens is 444 g/mol. The van der Waals surface area contributed by atoms with Gasteiger partial charge < -0.3 is 13.7 Å². The molecule has 0 aliphatic rings. The zero-order chi connectivity index (χ0) is 19.7. The smallest absolute Gasteiger partial charge is 0.315 e. The van der Waals surface area contributed by atoms with E-state index >= 15 is 0 Å². The number of benzene rings is 2. The lowest BCUT2D eigenvalue weighted by atomic mass is 10.2. The van der Waals surface area contributed by atoms with E-state index < -0.39 is 5.91 Å². The van der Waals surface area contributed by atoms with Gasteiger partial charge in [-0.3, -0.25) is 9.59 Å². The van der Waals surface area contributed by atoms with Crippen molar-refractivity contribution in [1.29, 1.82) is 0 Å². The molecule has 0 fully saturated rings. The van der Waals surface area contributed by atoms with Crippen molar-refractivity contribution in [3.63, 3.8) is 0 Å². The molecule has 0 bridgehead atoms. The van der Waals surface area contributed by atoms with E-state index in [1.807, 2.05) is 22.8 Å². The summed E-state index contributed by atoms with van der Waals surface area (Å²) in [5, 5.41) is 0.431. The third-order valence-electron chi connectivity index (χ3n) is 4.21. The average Bonchev–Trinajstić information content (AvgIpc) is 3.02. The van der Waals surface area contributed by atoms with Crippen molar-refractivity contribution < 1.29 is 13.9 Å². The Morgan fingerprint density at radius 3 is 2.89 bits per heavy atom. The van der Waals surface area contributed by atoms with Crippen LogP contribution in [0.4, 0.5) is 0 Å². The van der Waals surface area contributed by atoms with Crippen LogP contribution in [0.2, 0.25) is 0 Å². The van der Waals surface area contributed by atoms with Crippen molar-refractivity contribution in [3.05, 3.63) is 73.8 Å². The van der Waals surface area contributed by atoms with Gasteiger partial charge in [0, 0.05) is 24.2 Å². The van der Waals surface area contributed by atoms with E-state index in [0.29, 0.717) is 28.9 Å². The van der Waals surface area contributed by atoms with Crippen LogP contribution < -0.4 is 10.2 Å². The highest BCUT2D eigenvalue weighted by atomic mass is 79.9. The number of nitrogens with zero attached hydrogens (tertiary/aromatic N) is 2. The summed E-state index contributed by atoms with van der Waals surface area (Å²) in [5.41, 5.74) is 1.05. The van der Waals surface area contributed by atoms with Gasteiger partial charge >= 0.3 is 5.91 Å². The summed E-state index contributed by atoms with van der Waals surface area (Å²) in [4.78, 5) is 29.8. The number of thiazole rings is 1. The third kappa shape index (κ3) is 3.58. The number of rotatable bonds is 4. The quantitative estimate of drug-likeness (QED) is 0.463. The van der Waals surface area contributed by atoms with Crippen molar-refractivity contribution in [1.82, 2.24) is 4.57 Å². The predicted octanol–water partition coefficient (Wildman–Crippen LogP) is 3.96. The van der Waals surface area contributed by atoms with Crippen LogP contribution >= 0.6 is 27.3 Å². The molecule has 4 aromatic rings. The molecule has 2 aromatic carbocycles. The van der Waals surface area contributed by atoms with Crippen LogP contribution in [0.25, 0.3) is 21.2 Å². The van der Waals surface area contributed by atoms with Crippen molar-refractivity contribution in [2.45, 2.75) is 6.54 Å². The zero-order valence-electron chi connectivity index (χ0n) is 14.8. The molecule has 0 saturated carbocycles. The summed E-state index contributed by atoms with van der Waals surface area (Å²) in [6.45, 7) is 1.03. The van der Waals surface area contributed by atoms with E-state index in [-0.39, 0.29) is 11.2 Å². The van der Waals surface area contributed by atoms with Gasteiger partial charge in [0.15, 0.2) is 16.0 Å². The molecule has 0 radical (unpaired) electrons.